The number of rotatable bonds is 2. The maximum atomic E-state index is 12.2. The second-order valence-corrected chi connectivity index (χ2v) is 3.69. The highest BCUT2D eigenvalue weighted by Crippen LogP contribution is 2.17. The van der Waals surface area contributed by atoms with Gasteiger partial charge in [0.2, 0.25) is 5.78 Å². The molecule has 0 amide bonds. The van der Waals surface area contributed by atoms with Gasteiger partial charge in [-0.1, -0.05) is 0 Å². The predicted octanol–water partition coefficient (Wildman–Crippen LogP) is 1.18. The molecule has 0 aliphatic heterocycles. The molecule has 17 heavy (non-hydrogen) atoms. The van der Waals surface area contributed by atoms with Crippen LogP contribution in [0.2, 0.25) is 0 Å². The number of carbonyl (C=O) groups is 1. The summed E-state index contributed by atoms with van der Waals surface area (Å²) in [5.74, 6) is -0.0262. The highest BCUT2D eigenvalue weighted by atomic mass is 16.1. The lowest BCUT2D eigenvalue weighted by atomic mass is 10.0. The molecule has 0 bridgehead atoms. The molecule has 0 aliphatic carbocycles. The number of nitrogens with two attached hydrogens (primary N) is 2. The minimum absolute atomic E-state index is 0.216. The first kappa shape index (κ1) is 11.1. The number of carbonyl (C=O) groups excluding carboxylic acids is 1. The molecule has 0 atom stereocenters. The van der Waals surface area contributed by atoms with Crippen LogP contribution < -0.4 is 11.5 Å². The van der Waals surface area contributed by atoms with E-state index in [1.807, 2.05) is 6.92 Å². The number of aryl methyl sites for hydroxylation is 1. The largest absolute Gasteiger partial charge is 0.397 e. The number of nitrogens with zero attached hydrogens (tertiary/aromatic N) is 2. The van der Waals surface area contributed by atoms with E-state index < -0.39 is 0 Å². The number of anilines is 2. The Morgan fingerprint density at radius 3 is 2.53 bits per heavy atom. The van der Waals surface area contributed by atoms with Crippen LogP contribution in [0.5, 0.6) is 0 Å². The highest BCUT2D eigenvalue weighted by Gasteiger charge is 2.16. The fourth-order valence-electron chi connectivity index (χ4n) is 1.54. The molecule has 2 aromatic rings. The van der Waals surface area contributed by atoms with Crippen LogP contribution in [0.4, 0.5) is 11.5 Å². The quantitative estimate of drug-likeness (QED) is 0.752. The van der Waals surface area contributed by atoms with Crippen molar-refractivity contribution in [2.75, 3.05) is 11.5 Å². The van der Waals surface area contributed by atoms with Crippen molar-refractivity contribution < 1.29 is 4.79 Å². The number of hydrogen-bond acceptors (Lipinski definition) is 5. The molecule has 5 heteroatoms. The molecule has 0 fully saturated rings. The fourth-order valence-corrected chi connectivity index (χ4v) is 1.54. The van der Waals surface area contributed by atoms with E-state index in [2.05, 4.69) is 9.97 Å². The van der Waals surface area contributed by atoms with E-state index in [9.17, 15) is 4.79 Å². The number of pyridine rings is 2. The maximum Gasteiger partial charge on any atom is 0.215 e. The first-order valence-corrected chi connectivity index (χ1v) is 5.07. The van der Waals surface area contributed by atoms with Gasteiger partial charge in [-0.3, -0.25) is 9.78 Å². The van der Waals surface area contributed by atoms with Gasteiger partial charge >= 0.3 is 0 Å². The zero-order valence-electron chi connectivity index (χ0n) is 9.34. The monoisotopic (exact) mass is 228 g/mol. The molecule has 5 nitrogen and oxygen atoms in total. The van der Waals surface area contributed by atoms with Gasteiger partial charge in [0, 0.05) is 6.20 Å². The third kappa shape index (κ3) is 2.08. The molecule has 4 N–H and O–H groups in total. The molecule has 0 aliphatic rings. The molecule has 2 aromatic heterocycles. The van der Waals surface area contributed by atoms with Crippen LogP contribution in [0.3, 0.4) is 0 Å². The lowest BCUT2D eigenvalue weighted by Crippen LogP contribution is -2.10. The summed E-state index contributed by atoms with van der Waals surface area (Å²) in [5, 5.41) is 0. The first-order valence-electron chi connectivity index (χ1n) is 5.07. The molecule has 0 radical (unpaired) electrons. The molecular weight excluding hydrogens is 216 g/mol. The Labute approximate surface area is 98.5 Å². The minimum Gasteiger partial charge on any atom is -0.397 e. The van der Waals surface area contributed by atoms with E-state index in [4.69, 9.17) is 11.5 Å². The van der Waals surface area contributed by atoms with Gasteiger partial charge in [0.25, 0.3) is 0 Å². The fraction of sp³-hybridized carbons (Fsp3) is 0.0833. The zero-order chi connectivity index (χ0) is 12.4. The SMILES string of the molecule is Cc1ccnc(N)c1C(=O)c1ccc(N)cn1. The summed E-state index contributed by atoms with van der Waals surface area (Å²) in [6, 6.07) is 4.94. The van der Waals surface area contributed by atoms with Crippen molar-refractivity contribution in [3.8, 4) is 0 Å². The van der Waals surface area contributed by atoms with Crippen LogP contribution >= 0.6 is 0 Å². The van der Waals surface area contributed by atoms with Gasteiger partial charge in [0.1, 0.15) is 11.5 Å². The molecule has 0 aromatic carbocycles. The van der Waals surface area contributed by atoms with Crippen molar-refractivity contribution in [1.29, 1.82) is 0 Å². The molecule has 0 saturated carbocycles. The first-order chi connectivity index (χ1) is 8.09. The van der Waals surface area contributed by atoms with Crippen LogP contribution in [-0.2, 0) is 0 Å². The number of hydrogen-bond donors (Lipinski definition) is 2. The van der Waals surface area contributed by atoms with Crippen molar-refractivity contribution >= 4 is 17.3 Å². The van der Waals surface area contributed by atoms with Crippen LogP contribution in [0, 0.1) is 6.92 Å². The van der Waals surface area contributed by atoms with E-state index in [1.54, 1.807) is 24.4 Å². The van der Waals surface area contributed by atoms with Gasteiger partial charge in [0.05, 0.1) is 17.4 Å². The Hall–Kier alpha value is -2.43. The number of ketones is 1. The van der Waals surface area contributed by atoms with Crippen molar-refractivity contribution in [3.05, 3.63) is 47.4 Å². The average molecular weight is 228 g/mol. The summed E-state index contributed by atoms with van der Waals surface area (Å²) >= 11 is 0. The number of nitrogen functional groups attached to an aromatic ring is 2. The van der Waals surface area contributed by atoms with Crippen molar-refractivity contribution in [2.24, 2.45) is 0 Å². The van der Waals surface area contributed by atoms with E-state index in [0.717, 1.165) is 5.56 Å². The van der Waals surface area contributed by atoms with E-state index in [1.165, 1.54) is 6.20 Å². The normalized spacial score (nSPS) is 10.2. The highest BCUT2D eigenvalue weighted by molar-refractivity contribution is 6.11. The summed E-state index contributed by atoms with van der Waals surface area (Å²) in [6.45, 7) is 1.81. The second kappa shape index (κ2) is 4.21. The molecule has 0 unspecified atom stereocenters. The summed E-state index contributed by atoms with van der Waals surface area (Å²) in [5.41, 5.74) is 13.2. The molecule has 2 heterocycles. The Morgan fingerprint density at radius 2 is 1.94 bits per heavy atom. The predicted molar refractivity (Wildman–Crippen MR) is 65.5 cm³/mol. The zero-order valence-corrected chi connectivity index (χ0v) is 9.34. The summed E-state index contributed by atoms with van der Waals surface area (Å²) in [7, 11) is 0. The van der Waals surface area contributed by atoms with E-state index in [-0.39, 0.29) is 11.6 Å². The van der Waals surface area contributed by atoms with E-state index >= 15 is 0 Å². The molecule has 0 spiro atoms. The number of aromatic nitrogens is 2. The summed E-state index contributed by atoms with van der Waals surface area (Å²) in [4.78, 5) is 20.1. The van der Waals surface area contributed by atoms with Crippen molar-refractivity contribution in [2.45, 2.75) is 6.92 Å². The van der Waals surface area contributed by atoms with Crippen LogP contribution in [-0.4, -0.2) is 15.8 Å². The van der Waals surface area contributed by atoms with Gasteiger partial charge in [-0.15, -0.1) is 0 Å². The lowest BCUT2D eigenvalue weighted by molar-refractivity contribution is 0.103. The van der Waals surface area contributed by atoms with Gasteiger partial charge in [0.15, 0.2) is 0 Å². The topological polar surface area (TPSA) is 94.9 Å². The molecule has 86 valence electrons. The van der Waals surface area contributed by atoms with Crippen LogP contribution in [0.15, 0.2) is 30.6 Å². The van der Waals surface area contributed by atoms with E-state index in [0.29, 0.717) is 16.9 Å². The minimum atomic E-state index is -0.242. The average Bonchev–Trinajstić information content (AvgIpc) is 2.29. The Morgan fingerprint density at radius 1 is 1.18 bits per heavy atom. The third-order valence-electron chi connectivity index (χ3n) is 2.43. The van der Waals surface area contributed by atoms with Gasteiger partial charge in [-0.25, -0.2) is 4.98 Å². The standard InChI is InChI=1S/C12H12N4O/c1-7-4-5-15-12(14)10(7)11(17)9-3-2-8(13)6-16-9/h2-6H,13H2,1H3,(H2,14,15). The summed E-state index contributed by atoms with van der Waals surface area (Å²) in [6.07, 6.45) is 3.01. The van der Waals surface area contributed by atoms with Crippen LogP contribution in [0.25, 0.3) is 0 Å². The summed E-state index contributed by atoms with van der Waals surface area (Å²) < 4.78 is 0. The van der Waals surface area contributed by atoms with Crippen molar-refractivity contribution in [3.63, 3.8) is 0 Å². The molecular formula is C12H12N4O. The third-order valence-corrected chi connectivity index (χ3v) is 2.43. The Bertz CT molecular complexity index is 543. The Balaban J connectivity index is 2.47. The molecule has 2 rings (SSSR count). The lowest BCUT2D eigenvalue weighted by Gasteiger charge is -2.06. The Kier molecular flexibility index (Phi) is 2.74. The van der Waals surface area contributed by atoms with Crippen LogP contribution in [0.1, 0.15) is 21.6 Å². The van der Waals surface area contributed by atoms with Gasteiger partial charge in [-0.05, 0) is 30.7 Å². The van der Waals surface area contributed by atoms with Gasteiger partial charge in [-0.2, -0.15) is 0 Å². The smallest absolute Gasteiger partial charge is 0.215 e. The second-order valence-electron chi connectivity index (χ2n) is 3.69. The van der Waals surface area contributed by atoms with Crippen molar-refractivity contribution in [1.82, 2.24) is 9.97 Å². The maximum absolute atomic E-state index is 12.2. The molecule has 0 saturated heterocycles. The van der Waals surface area contributed by atoms with Gasteiger partial charge < -0.3 is 11.5 Å².